The van der Waals surface area contributed by atoms with Crippen LogP contribution in [0, 0.1) is 6.92 Å². The summed E-state index contributed by atoms with van der Waals surface area (Å²) in [6, 6.07) is 0. The number of aliphatic carboxylic acids is 1. The maximum Gasteiger partial charge on any atom is 0.303 e. The van der Waals surface area contributed by atoms with Crippen molar-refractivity contribution < 1.29 is 14.7 Å². The van der Waals surface area contributed by atoms with Gasteiger partial charge in [0.2, 0.25) is 0 Å². The minimum absolute atomic E-state index is 0.0669. The largest absolute Gasteiger partial charge is 0.481 e. The molecule has 5 nitrogen and oxygen atoms in total. The third-order valence-electron chi connectivity index (χ3n) is 2.73. The lowest BCUT2D eigenvalue weighted by atomic mass is 10.3. The zero-order chi connectivity index (χ0) is 14.4. The van der Waals surface area contributed by atoms with Gasteiger partial charge >= 0.3 is 5.97 Å². The summed E-state index contributed by atoms with van der Waals surface area (Å²) in [7, 11) is 1.70. The molecule has 1 amide bonds. The van der Waals surface area contributed by atoms with Crippen molar-refractivity contribution in [3.63, 3.8) is 0 Å². The van der Waals surface area contributed by atoms with Gasteiger partial charge in [-0.2, -0.15) is 0 Å². The van der Waals surface area contributed by atoms with E-state index in [1.807, 2.05) is 6.92 Å². The van der Waals surface area contributed by atoms with Gasteiger partial charge in [-0.25, -0.2) is 4.98 Å². The number of nitrogens with zero attached hydrogens (tertiary/aromatic N) is 2. The Balaban J connectivity index is 2.63. The lowest BCUT2D eigenvalue weighted by molar-refractivity contribution is -0.137. The van der Waals surface area contributed by atoms with E-state index in [-0.39, 0.29) is 12.3 Å². The van der Waals surface area contributed by atoms with Gasteiger partial charge in [0.15, 0.2) is 0 Å². The highest BCUT2D eigenvalue weighted by molar-refractivity contribution is 7.13. The predicted octanol–water partition coefficient (Wildman–Crippen LogP) is 2.34. The molecule has 0 saturated carbocycles. The smallest absolute Gasteiger partial charge is 0.303 e. The lowest BCUT2D eigenvalue weighted by Crippen LogP contribution is -2.27. The third kappa shape index (κ3) is 4.63. The molecule has 0 saturated heterocycles. The van der Waals surface area contributed by atoms with Crippen LogP contribution in [0.5, 0.6) is 0 Å². The Labute approximate surface area is 117 Å². The van der Waals surface area contributed by atoms with Crippen LogP contribution >= 0.6 is 11.3 Å². The van der Waals surface area contributed by atoms with Crippen molar-refractivity contribution in [2.24, 2.45) is 0 Å². The molecular weight excluding hydrogens is 264 g/mol. The fourth-order valence-electron chi connectivity index (χ4n) is 1.71. The molecule has 0 atom stereocenters. The Morgan fingerprint density at radius 2 is 2.11 bits per heavy atom. The van der Waals surface area contributed by atoms with E-state index in [0.29, 0.717) is 17.8 Å². The lowest BCUT2D eigenvalue weighted by Gasteiger charge is -2.15. The number of carboxylic acid groups (broad SMARTS) is 1. The SMILES string of the molecule is CCCc1nc(C)c(C(=O)N(C)CCCC(=O)O)s1. The second kappa shape index (κ2) is 7.23. The van der Waals surface area contributed by atoms with Crippen molar-refractivity contribution in [1.29, 1.82) is 0 Å². The first-order valence-corrected chi connectivity index (χ1v) is 7.21. The van der Waals surface area contributed by atoms with Gasteiger partial charge in [0, 0.05) is 20.0 Å². The van der Waals surface area contributed by atoms with E-state index >= 15 is 0 Å². The molecule has 0 aliphatic heterocycles. The molecule has 1 N–H and O–H groups in total. The number of thiazole rings is 1. The normalized spacial score (nSPS) is 10.5. The highest BCUT2D eigenvalue weighted by atomic mass is 32.1. The van der Waals surface area contributed by atoms with Crippen molar-refractivity contribution in [2.75, 3.05) is 13.6 Å². The molecule has 0 radical (unpaired) electrons. The predicted molar refractivity (Wildman–Crippen MR) is 74.7 cm³/mol. The van der Waals surface area contributed by atoms with Gasteiger partial charge in [-0.05, 0) is 26.2 Å². The number of carboxylic acids is 1. The van der Waals surface area contributed by atoms with Gasteiger partial charge in [0.05, 0.1) is 10.7 Å². The molecule has 1 aromatic heterocycles. The summed E-state index contributed by atoms with van der Waals surface area (Å²) in [4.78, 5) is 29.3. The first-order valence-electron chi connectivity index (χ1n) is 6.39. The van der Waals surface area contributed by atoms with Crippen molar-refractivity contribution in [3.05, 3.63) is 15.6 Å². The van der Waals surface area contributed by atoms with E-state index in [1.54, 1.807) is 11.9 Å². The molecule has 1 heterocycles. The first kappa shape index (κ1) is 15.6. The molecule has 0 aliphatic carbocycles. The van der Waals surface area contributed by atoms with Gasteiger partial charge in [0.1, 0.15) is 4.88 Å². The summed E-state index contributed by atoms with van der Waals surface area (Å²) < 4.78 is 0. The second-order valence-electron chi connectivity index (χ2n) is 4.50. The van der Waals surface area contributed by atoms with Gasteiger partial charge in [-0.15, -0.1) is 11.3 Å². The van der Waals surface area contributed by atoms with Crippen LogP contribution < -0.4 is 0 Å². The number of aryl methyl sites for hydroxylation is 2. The van der Waals surface area contributed by atoms with Gasteiger partial charge in [-0.1, -0.05) is 6.92 Å². The summed E-state index contributed by atoms with van der Waals surface area (Å²) in [6.07, 6.45) is 2.45. The van der Waals surface area contributed by atoms with Crippen LogP contribution in [0.25, 0.3) is 0 Å². The molecule has 0 spiro atoms. The number of carbonyl (C=O) groups excluding carboxylic acids is 1. The monoisotopic (exact) mass is 284 g/mol. The summed E-state index contributed by atoms with van der Waals surface area (Å²) in [6.45, 7) is 4.37. The molecule has 0 bridgehead atoms. The molecular formula is C13H20N2O3S. The number of hydrogen-bond donors (Lipinski definition) is 1. The maximum atomic E-state index is 12.2. The minimum atomic E-state index is -0.833. The third-order valence-corrected chi connectivity index (χ3v) is 3.94. The maximum absolute atomic E-state index is 12.2. The topological polar surface area (TPSA) is 70.5 Å². The molecule has 106 valence electrons. The van der Waals surface area contributed by atoms with E-state index in [1.165, 1.54) is 11.3 Å². The van der Waals surface area contributed by atoms with E-state index in [4.69, 9.17) is 5.11 Å². The molecule has 19 heavy (non-hydrogen) atoms. The standard InChI is InChI=1S/C13H20N2O3S/c1-4-6-10-14-9(2)12(19-10)13(18)15(3)8-5-7-11(16)17/h4-8H2,1-3H3,(H,16,17). The Kier molecular flexibility index (Phi) is 5.95. The molecule has 1 rings (SSSR count). The van der Waals surface area contributed by atoms with Crippen LogP contribution in [-0.2, 0) is 11.2 Å². The van der Waals surface area contributed by atoms with Crippen LogP contribution in [0.15, 0.2) is 0 Å². The summed E-state index contributed by atoms with van der Waals surface area (Å²) in [5.41, 5.74) is 0.767. The Bertz CT molecular complexity index is 457. The summed E-state index contributed by atoms with van der Waals surface area (Å²) in [5, 5.41) is 9.57. The fourth-order valence-corrected chi connectivity index (χ4v) is 2.87. The average molecular weight is 284 g/mol. The summed E-state index contributed by atoms with van der Waals surface area (Å²) in [5.74, 6) is -0.900. The average Bonchev–Trinajstić information content (AvgIpc) is 2.69. The van der Waals surface area contributed by atoms with Crippen LogP contribution in [0.2, 0.25) is 0 Å². The minimum Gasteiger partial charge on any atom is -0.481 e. The zero-order valence-electron chi connectivity index (χ0n) is 11.6. The van der Waals surface area contributed by atoms with E-state index in [0.717, 1.165) is 23.5 Å². The molecule has 6 heteroatoms. The van der Waals surface area contributed by atoms with Crippen molar-refractivity contribution in [2.45, 2.75) is 39.5 Å². The van der Waals surface area contributed by atoms with Gasteiger partial charge in [0.25, 0.3) is 5.91 Å². The van der Waals surface area contributed by atoms with E-state index in [2.05, 4.69) is 11.9 Å². The molecule has 0 aliphatic rings. The van der Waals surface area contributed by atoms with Crippen LogP contribution in [0.3, 0.4) is 0 Å². The number of amides is 1. The molecule has 0 fully saturated rings. The van der Waals surface area contributed by atoms with Crippen LogP contribution in [0.4, 0.5) is 0 Å². The Morgan fingerprint density at radius 1 is 1.42 bits per heavy atom. The van der Waals surface area contributed by atoms with Crippen molar-refractivity contribution >= 4 is 23.2 Å². The first-order chi connectivity index (χ1) is 8.95. The van der Waals surface area contributed by atoms with Crippen molar-refractivity contribution in [3.8, 4) is 0 Å². The second-order valence-corrected chi connectivity index (χ2v) is 5.58. The van der Waals surface area contributed by atoms with Gasteiger partial charge < -0.3 is 10.0 Å². The molecule has 1 aromatic rings. The Morgan fingerprint density at radius 3 is 2.68 bits per heavy atom. The summed E-state index contributed by atoms with van der Waals surface area (Å²) >= 11 is 1.44. The highest BCUT2D eigenvalue weighted by Gasteiger charge is 2.18. The molecule has 0 aromatic carbocycles. The van der Waals surface area contributed by atoms with E-state index in [9.17, 15) is 9.59 Å². The fraction of sp³-hybridized carbons (Fsp3) is 0.615. The quantitative estimate of drug-likeness (QED) is 0.834. The number of aromatic nitrogens is 1. The highest BCUT2D eigenvalue weighted by Crippen LogP contribution is 2.20. The number of hydrogen-bond acceptors (Lipinski definition) is 4. The van der Waals surface area contributed by atoms with E-state index < -0.39 is 5.97 Å². The van der Waals surface area contributed by atoms with Crippen LogP contribution in [-0.4, -0.2) is 40.5 Å². The van der Waals surface area contributed by atoms with Crippen LogP contribution in [0.1, 0.15) is 46.6 Å². The van der Waals surface area contributed by atoms with Crippen molar-refractivity contribution in [1.82, 2.24) is 9.88 Å². The Hall–Kier alpha value is -1.43. The molecule has 0 unspecified atom stereocenters. The zero-order valence-corrected chi connectivity index (χ0v) is 12.4. The number of rotatable bonds is 7. The number of carbonyl (C=O) groups is 2. The van der Waals surface area contributed by atoms with Gasteiger partial charge in [-0.3, -0.25) is 9.59 Å².